The topological polar surface area (TPSA) is 36.4 Å². The fourth-order valence-electron chi connectivity index (χ4n) is 1.67. The zero-order valence-corrected chi connectivity index (χ0v) is 10.8. The van der Waals surface area contributed by atoms with E-state index < -0.39 is 0 Å². The molecule has 1 atom stereocenters. The summed E-state index contributed by atoms with van der Waals surface area (Å²) in [4.78, 5) is 7.76. The van der Waals surface area contributed by atoms with Crippen molar-refractivity contribution >= 4 is 17.2 Å². The second-order valence-electron chi connectivity index (χ2n) is 3.98. The van der Waals surface area contributed by atoms with Gasteiger partial charge in [-0.2, -0.15) is 0 Å². The number of aliphatic hydroxyl groups is 1. The maximum Gasteiger partial charge on any atom is 0.129 e. The zero-order chi connectivity index (χ0) is 12.3. The van der Waals surface area contributed by atoms with Crippen molar-refractivity contribution in [3.63, 3.8) is 0 Å². The lowest BCUT2D eigenvalue weighted by molar-refractivity contribution is 0.281. The Morgan fingerprint density at radius 3 is 2.94 bits per heavy atom. The molecule has 0 bridgehead atoms. The van der Waals surface area contributed by atoms with E-state index in [0.29, 0.717) is 0 Å². The first-order chi connectivity index (χ1) is 8.22. The van der Waals surface area contributed by atoms with Gasteiger partial charge >= 0.3 is 0 Å². The Morgan fingerprint density at radius 1 is 1.47 bits per heavy atom. The number of rotatable bonds is 4. The van der Waals surface area contributed by atoms with Crippen molar-refractivity contribution in [3.05, 3.63) is 46.3 Å². The molecule has 17 heavy (non-hydrogen) atoms. The number of thiophene rings is 1. The van der Waals surface area contributed by atoms with E-state index in [9.17, 15) is 0 Å². The van der Waals surface area contributed by atoms with Crippen LogP contribution in [0.15, 0.2) is 35.8 Å². The normalized spacial score (nSPS) is 12.4. The van der Waals surface area contributed by atoms with Crippen LogP contribution in [0.5, 0.6) is 0 Å². The molecule has 90 valence electrons. The smallest absolute Gasteiger partial charge is 0.129 e. The van der Waals surface area contributed by atoms with Crippen LogP contribution < -0.4 is 4.90 Å². The summed E-state index contributed by atoms with van der Waals surface area (Å²) in [5, 5.41) is 11.2. The summed E-state index contributed by atoms with van der Waals surface area (Å²) in [6.07, 6.45) is 1.73. The van der Waals surface area contributed by atoms with Crippen molar-refractivity contribution in [3.8, 4) is 0 Å². The number of anilines is 1. The lowest BCUT2D eigenvalue weighted by atomic mass is 10.2. The summed E-state index contributed by atoms with van der Waals surface area (Å²) in [6, 6.07) is 8.22. The predicted octanol–water partition coefficient (Wildman–Crippen LogP) is 2.83. The number of pyridine rings is 1. The molecule has 2 rings (SSSR count). The van der Waals surface area contributed by atoms with E-state index in [-0.39, 0.29) is 12.6 Å². The van der Waals surface area contributed by atoms with Crippen LogP contribution in [0.2, 0.25) is 0 Å². The van der Waals surface area contributed by atoms with E-state index in [1.165, 1.54) is 4.88 Å². The molecule has 2 aromatic heterocycles. The van der Waals surface area contributed by atoms with Gasteiger partial charge in [-0.15, -0.1) is 11.3 Å². The molecule has 0 radical (unpaired) electrons. The van der Waals surface area contributed by atoms with Crippen LogP contribution in [0.3, 0.4) is 0 Å². The first-order valence-electron chi connectivity index (χ1n) is 5.54. The number of aromatic nitrogens is 1. The maximum atomic E-state index is 9.12. The van der Waals surface area contributed by atoms with Crippen LogP contribution in [-0.2, 0) is 6.61 Å². The van der Waals surface area contributed by atoms with Gasteiger partial charge in [-0.25, -0.2) is 4.98 Å². The van der Waals surface area contributed by atoms with E-state index in [4.69, 9.17) is 5.11 Å². The van der Waals surface area contributed by atoms with Gasteiger partial charge < -0.3 is 10.0 Å². The van der Waals surface area contributed by atoms with Crippen LogP contribution >= 0.6 is 11.3 Å². The van der Waals surface area contributed by atoms with Gasteiger partial charge in [0.25, 0.3) is 0 Å². The highest BCUT2D eigenvalue weighted by Crippen LogP contribution is 2.27. The highest BCUT2D eigenvalue weighted by molar-refractivity contribution is 7.10. The lowest BCUT2D eigenvalue weighted by Crippen LogP contribution is -2.21. The molecule has 0 aliphatic carbocycles. The van der Waals surface area contributed by atoms with Crippen LogP contribution in [0.4, 0.5) is 5.82 Å². The summed E-state index contributed by atoms with van der Waals surface area (Å²) in [5.41, 5.74) is 0.889. The van der Waals surface area contributed by atoms with E-state index in [1.807, 2.05) is 19.2 Å². The third kappa shape index (κ3) is 2.65. The fourth-order valence-corrected chi connectivity index (χ4v) is 2.50. The van der Waals surface area contributed by atoms with E-state index in [0.717, 1.165) is 11.4 Å². The molecule has 0 saturated heterocycles. The Bertz CT molecular complexity index is 470. The first kappa shape index (κ1) is 12.1. The standard InChI is InChI=1S/C13H16N2OS/c1-10(12-4-3-7-17-12)15(2)13-8-11(9-16)5-6-14-13/h3-8,10,16H,9H2,1-2H3. The molecule has 1 unspecified atom stereocenters. The second-order valence-corrected chi connectivity index (χ2v) is 4.96. The summed E-state index contributed by atoms with van der Waals surface area (Å²) in [6.45, 7) is 2.20. The monoisotopic (exact) mass is 248 g/mol. The molecule has 0 aliphatic heterocycles. The van der Waals surface area contributed by atoms with E-state index >= 15 is 0 Å². The first-order valence-corrected chi connectivity index (χ1v) is 6.42. The summed E-state index contributed by atoms with van der Waals surface area (Å²) in [7, 11) is 2.02. The Kier molecular flexibility index (Phi) is 3.76. The fraction of sp³-hybridized carbons (Fsp3) is 0.308. The number of hydrogen-bond acceptors (Lipinski definition) is 4. The molecule has 0 spiro atoms. The van der Waals surface area contributed by atoms with Crippen LogP contribution in [-0.4, -0.2) is 17.1 Å². The molecule has 3 nitrogen and oxygen atoms in total. The van der Waals surface area contributed by atoms with E-state index in [2.05, 4.69) is 34.3 Å². The van der Waals surface area contributed by atoms with Gasteiger partial charge in [0, 0.05) is 18.1 Å². The van der Waals surface area contributed by atoms with Gasteiger partial charge in [-0.1, -0.05) is 6.07 Å². The Balaban J connectivity index is 2.21. The maximum absolute atomic E-state index is 9.12. The second kappa shape index (κ2) is 5.29. The minimum Gasteiger partial charge on any atom is -0.392 e. The molecule has 4 heteroatoms. The van der Waals surface area contributed by atoms with Crippen molar-refractivity contribution < 1.29 is 5.11 Å². The number of hydrogen-bond donors (Lipinski definition) is 1. The minimum atomic E-state index is 0.0523. The summed E-state index contributed by atoms with van der Waals surface area (Å²) in [5.74, 6) is 0.887. The van der Waals surface area contributed by atoms with Crippen molar-refractivity contribution in [1.29, 1.82) is 0 Å². The summed E-state index contributed by atoms with van der Waals surface area (Å²) < 4.78 is 0. The van der Waals surface area contributed by atoms with Gasteiger partial charge in [0.05, 0.1) is 12.6 Å². The molecule has 0 aromatic carbocycles. The molecule has 0 aliphatic rings. The Morgan fingerprint density at radius 2 is 2.29 bits per heavy atom. The molecular formula is C13H16N2OS. The molecule has 2 heterocycles. The third-order valence-corrected chi connectivity index (χ3v) is 3.93. The number of aliphatic hydroxyl groups excluding tert-OH is 1. The number of nitrogens with zero attached hydrogens (tertiary/aromatic N) is 2. The minimum absolute atomic E-state index is 0.0523. The molecule has 0 amide bonds. The van der Waals surface area contributed by atoms with Crippen LogP contribution in [0.25, 0.3) is 0 Å². The quantitative estimate of drug-likeness (QED) is 0.904. The molecular weight excluding hydrogens is 232 g/mol. The van der Waals surface area contributed by atoms with Crippen molar-refractivity contribution in [2.24, 2.45) is 0 Å². The van der Waals surface area contributed by atoms with Gasteiger partial charge in [0.2, 0.25) is 0 Å². The zero-order valence-electron chi connectivity index (χ0n) is 10.00. The van der Waals surface area contributed by atoms with E-state index in [1.54, 1.807) is 17.5 Å². The van der Waals surface area contributed by atoms with Gasteiger partial charge in [-0.3, -0.25) is 0 Å². The van der Waals surface area contributed by atoms with Gasteiger partial charge in [0.15, 0.2) is 0 Å². The lowest BCUT2D eigenvalue weighted by Gasteiger charge is -2.25. The Hall–Kier alpha value is -1.39. The molecule has 1 N–H and O–H groups in total. The molecule has 2 aromatic rings. The molecule has 0 fully saturated rings. The molecule has 0 saturated carbocycles. The van der Waals surface area contributed by atoms with Crippen LogP contribution in [0.1, 0.15) is 23.4 Å². The average Bonchev–Trinajstić information content (AvgIpc) is 2.91. The SMILES string of the molecule is CC(c1cccs1)N(C)c1cc(CO)ccn1. The largest absolute Gasteiger partial charge is 0.392 e. The van der Waals surface area contributed by atoms with Crippen molar-refractivity contribution in [2.75, 3.05) is 11.9 Å². The highest BCUT2D eigenvalue weighted by atomic mass is 32.1. The Labute approximate surface area is 105 Å². The summed E-state index contributed by atoms with van der Waals surface area (Å²) >= 11 is 1.75. The average molecular weight is 248 g/mol. The van der Waals surface area contributed by atoms with Gasteiger partial charge in [0.1, 0.15) is 5.82 Å². The van der Waals surface area contributed by atoms with Crippen molar-refractivity contribution in [1.82, 2.24) is 4.98 Å². The van der Waals surface area contributed by atoms with Gasteiger partial charge in [-0.05, 0) is 36.1 Å². The third-order valence-electron chi connectivity index (χ3n) is 2.89. The predicted molar refractivity (Wildman–Crippen MR) is 71.3 cm³/mol. The van der Waals surface area contributed by atoms with Crippen molar-refractivity contribution in [2.45, 2.75) is 19.6 Å². The highest BCUT2D eigenvalue weighted by Gasteiger charge is 2.14. The van der Waals surface area contributed by atoms with Crippen LogP contribution in [0, 0.1) is 0 Å².